The Balaban J connectivity index is 0.00000504. The Morgan fingerprint density at radius 2 is 1.75 bits per heavy atom. The van der Waals surface area contributed by atoms with Crippen molar-refractivity contribution in [3.05, 3.63) is 95.4 Å². The second-order valence-electron chi connectivity index (χ2n) is 14.2. The molecule has 1 saturated heterocycles. The van der Waals surface area contributed by atoms with Gasteiger partial charge in [-0.05, 0) is 82.8 Å². The van der Waals surface area contributed by atoms with Crippen LogP contribution in [-0.2, 0) is 25.5 Å². The average molecular weight is 703 g/mol. The molecule has 5 heterocycles. The fourth-order valence-corrected chi connectivity index (χ4v) is 8.26. The number of carbonyl (C=O) groups is 2. The number of rotatable bonds is 9. The fourth-order valence-electron chi connectivity index (χ4n) is 8.26. The van der Waals surface area contributed by atoms with Crippen LogP contribution in [-0.4, -0.2) is 59.9 Å². The maximum Gasteiger partial charge on any atom is 2.00 e. The molecular weight excluding hydrogens is 653 g/mol. The zero-order chi connectivity index (χ0) is 36.0. The second kappa shape index (κ2) is 15.6. The summed E-state index contributed by atoms with van der Waals surface area (Å²) in [5.41, 5.74) is 11.2. The molecule has 51 heavy (non-hydrogen) atoms. The van der Waals surface area contributed by atoms with Crippen LogP contribution >= 0.6 is 0 Å². The molecule has 8 bridgehead atoms. The molecule has 4 aliphatic rings. The summed E-state index contributed by atoms with van der Waals surface area (Å²) < 4.78 is 10.9. The number of ether oxygens (including phenoxy) is 2. The van der Waals surface area contributed by atoms with Crippen molar-refractivity contribution in [2.75, 3.05) is 13.7 Å². The average Bonchev–Trinajstić information content (AvgIpc) is 3.84. The van der Waals surface area contributed by atoms with Crippen LogP contribution in [0.15, 0.2) is 40.4 Å². The van der Waals surface area contributed by atoms with Gasteiger partial charge in [-0.3, -0.25) is 9.59 Å². The molecule has 1 N–H and O–H groups in total. The minimum atomic E-state index is -1.14. The first-order valence-corrected chi connectivity index (χ1v) is 18.1. The van der Waals surface area contributed by atoms with Crippen LogP contribution < -0.4 is 20.7 Å². The van der Waals surface area contributed by atoms with Crippen molar-refractivity contribution in [3.63, 3.8) is 0 Å². The summed E-state index contributed by atoms with van der Waals surface area (Å²) in [7, 11) is 1.34. The molecule has 6 atom stereocenters. The van der Waals surface area contributed by atoms with E-state index in [9.17, 15) is 14.7 Å². The van der Waals surface area contributed by atoms with Gasteiger partial charge in [0.1, 0.15) is 12.5 Å². The summed E-state index contributed by atoms with van der Waals surface area (Å²) in [4.78, 5) is 36.7. The smallest absolute Gasteiger partial charge is 0.681 e. The number of aromatic nitrogens is 2. The van der Waals surface area contributed by atoms with E-state index in [0.717, 1.165) is 64.4 Å². The first-order valence-electron chi connectivity index (χ1n) is 18.1. The number of methoxy groups -OCH3 is 1. The van der Waals surface area contributed by atoms with Gasteiger partial charge >= 0.3 is 35.0 Å². The van der Waals surface area contributed by atoms with Gasteiger partial charge in [0.25, 0.3) is 0 Å². The van der Waals surface area contributed by atoms with Gasteiger partial charge < -0.3 is 35.2 Å². The first-order chi connectivity index (χ1) is 23.9. The Bertz CT molecular complexity index is 1960. The van der Waals surface area contributed by atoms with Crippen molar-refractivity contribution in [3.8, 4) is 0 Å². The molecule has 0 saturated carbocycles. The minimum Gasteiger partial charge on any atom is -0.681 e. The minimum absolute atomic E-state index is 0. The normalized spacial score (nSPS) is 27.8. The van der Waals surface area contributed by atoms with Crippen LogP contribution in [0.1, 0.15) is 107 Å². The molecular formula is C41H50MgN4O5-2. The van der Waals surface area contributed by atoms with E-state index in [1.54, 1.807) is 0 Å². The van der Waals surface area contributed by atoms with Gasteiger partial charge in [-0.25, -0.2) is 0 Å². The quantitative estimate of drug-likeness (QED) is 0.198. The summed E-state index contributed by atoms with van der Waals surface area (Å²) in [6.07, 6.45) is 10.3. The summed E-state index contributed by atoms with van der Waals surface area (Å²) in [5.74, 6) is -1.85. The third-order valence-corrected chi connectivity index (χ3v) is 11.5. The molecule has 2 aromatic rings. The molecule has 0 amide bonds. The van der Waals surface area contributed by atoms with Gasteiger partial charge in [-0.15, -0.1) is 27.8 Å². The molecule has 1 fully saturated rings. The number of carbonyl (C=O) groups excluding carboxylic acids is 2. The molecule has 1 unspecified atom stereocenters. The van der Waals surface area contributed by atoms with Gasteiger partial charge in [0.2, 0.25) is 0 Å². The van der Waals surface area contributed by atoms with Crippen LogP contribution in [0, 0.1) is 37.5 Å². The topological polar surface area (TPSA) is 129 Å². The van der Waals surface area contributed by atoms with E-state index in [1.165, 1.54) is 18.3 Å². The van der Waals surface area contributed by atoms with Gasteiger partial charge in [-0.2, -0.15) is 11.4 Å². The van der Waals surface area contributed by atoms with Crippen LogP contribution in [0.4, 0.5) is 0 Å². The van der Waals surface area contributed by atoms with E-state index in [4.69, 9.17) is 30.1 Å². The Morgan fingerprint density at radius 3 is 2.41 bits per heavy atom. The van der Waals surface area contributed by atoms with Crippen LogP contribution in [0.2, 0.25) is 0 Å². The van der Waals surface area contributed by atoms with Crippen molar-refractivity contribution in [1.29, 1.82) is 0 Å². The molecule has 268 valence electrons. The molecule has 0 aromatic carbocycles. The largest absolute Gasteiger partial charge is 2.00 e. The molecule has 0 spiro atoms. The molecule has 10 heteroatoms. The number of aliphatic hydroxyl groups is 1. The van der Waals surface area contributed by atoms with E-state index >= 15 is 0 Å². The van der Waals surface area contributed by atoms with Gasteiger partial charge in [-0.1, -0.05) is 85.4 Å². The molecule has 3 aliphatic heterocycles. The molecule has 0 radical (unpaired) electrons. The molecule has 1 aliphatic carbocycles. The van der Waals surface area contributed by atoms with Crippen molar-refractivity contribution in [2.45, 2.75) is 99.6 Å². The third kappa shape index (κ3) is 6.91. The van der Waals surface area contributed by atoms with E-state index in [1.807, 2.05) is 26.0 Å². The number of hydrogen-bond acceptors (Lipinski definition) is 5. The Hall–Kier alpha value is -3.47. The van der Waals surface area contributed by atoms with Gasteiger partial charge in [0, 0.05) is 6.42 Å². The van der Waals surface area contributed by atoms with Crippen molar-refractivity contribution in [2.24, 2.45) is 23.7 Å². The van der Waals surface area contributed by atoms with E-state index < -0.39 is 24.0 Å². The van der Waals surface area contributed by atoms with Crippen LogP contribution in [0.25, 0.3) is 28.4 Å². The maximum absolute atomic E-state index is 13.5. The van der Waals surface area contributed by atoms with E-state index in [2.05, 4.69) is 53.7 Å². The van der Waals surface area contributed by atoms with Gasteiger partial charge in [0.15, 0.2) is 0 Å². The summed E-state index contributed by atoms with van der Waals surface area (Å²) in [6.45, 7) is 17.0. The molecule has 6 rings (SSSR count). The maximum atomic E-state index is 13.5. The standard InChI is InChI=1S/C41H50N4O5.Mg/c1-10-20(4)15-16-50-34(46)14-13-27-23(7)30-17-28-21(5)25(11-2)32(42-28)18-29-22(6)26(12-3)33(43-29)19-31-24(8)35-39(45-31)36(38(27)44-30)37(40(35)47)41(48)49-9;/h15,17-19,23,25,27,37-38,40,47H,10-14,16H2,1-9H3;/q-4;+2/b20-15-,30-17-,31-19-,32-18-;/t23-,25+,27-,37+,38?,40-;/m0./s1. The number of nitrogens with zero attached hydrogens (tertiary/aromatic N) is 4. The fraction of sp³-hybridized carbons (Fsp3) is 0.512. The Morgan fingerprint density at radius 1 is 1.00 bits per heavy atom. The van der Waals surface area contributed by atoms with E-state index in [-0.39, 0.29) is 59.8 Å². The van der Waals surface area contributed by atoms with E-state index in [0.29, 0.717) is 28.3 Å². The summed E-state index contributed by atoms with van der Waals surface area (Å²) in [5, 5.41) is 23.7. The predicted molar refractivity (Wildman–Crippen MR) is 201 cm³/mol. The zero-order valence-corrected chi connectivity index (χ0v) is 33.0. The summed E-state index contributed by atoms with van der Waals surface area (Å²) in [6, 6.07) is -0.516. The van der Waals surface area contributed by atoms with Crippen molar-refractivity contribution in [1.82, 2.24) is 9.97 Å². The number of fused-ring (bicyclic) bond motifs is 8. The SMILES string of the molecule is CC/C(C)=C\COC(=O)CC[C@@H]1C2[N-]/C(=C\C3=C(C)[C@@H](CC)/C(=C/c4[n-]c(c(CC)c4C)/C=c4\[n-]c5c(c4C)[C@H](O)[C@H](C(=O)OC)C=52)[N-]3)[C@H]1C.[Mg+2]. The van der Waals surface area contributed by atoms with Crippen LogP contribution in [0.5, 0.6) is 0 Å². The second-order valence-corrected chi connectivity index (χ2v) is 14.2. The van der Waals surface area contributed by atoms with Crippen LogP contribution in [0.3, 0.4) is 0 Å². The van der Waals surface area contributed by atoms with Gasteiger partial charge in [0.05, 0.1) is 13.2 Å². The monoisotopic (exact) mass is 702 g/mol. The number of hydrogen-bond donors (Lipinski definition) is 1. The molecule has 9 nitrogen and oxygen atoms in total. The summed E-state index contributed by atoms with van der Waals surface area (Å²) >= 11 is 0. The molecule has 2 aromatic heterocycles. The zero-order valence-electron chi connectivity index (χ0n) is 31.6. The number of aliphatic hydroxyl groups excluding tert-OH is 1. The van der Waals surface area contributed by atoms with Crippen molar-refractivity contribution < 1.29 is 24.2 Å². The number of esters is 2. The number of allylic oxidation sites excluding steroid dienone is 4. The van der Waals surface area contributed by atoms with Crippen molar-refractivity contribution >= 4 is 52.7 Å². The predicted octanol–water partition coefficient (Wildman–Crippen LogP) is 5.83. The Kier molecular flexibility index (Phi) is 11.9. The Labute approximate surface area is 318 Å². The third-order valence-electron chi connectivity index (χ3n) is 11.5. The first kappa shape index (κ1) is 38.8.